The summed E-state index contributed by atoms with van der Waals surface area (Å²) in [6, 6.07) is 11.4. The third-order valence-corrected chi connectivity index (χ3v) is 4.73. The first-order chi connectivity index (χ1) is 10.4. The predicted octanol–water partition coefficient (Wildman–Crippen LogP) is 2.46. The molecule has 1 aliphatic heterocycles. The Morgan fingerprint density at radius 1 is 1.14 bits per heavy atom. The maximum absolute atomic E-state index is 6.00. The van der Waals surface area contributed by atoms with E-state index in [1.807, 2.05) is 0 Å². The second-order valence-corrected chi connectivity index (χ2v) is 6.42. The highest BCUT2D eigenvalue weighted by Gasteiger charge is 2.20. The molecular formula is C18H28N2O. The van der Waals surface area contributed by atoms with Gasteiger partial charge in [-0.3, -0.25) is 4.90 Å². The molecule has 0 bridgehead atoms. The Labute approximate surface area is 128 Å². The van der Waals surface area contributed by atoms with E-state index in [1.165, 1.54) is 31.2 Å². The molecule has 0 radical (unpaired) electrons. The van der Waals surface area contributed by atoms with Crippen molar-refractivity contribution in [3.63, 3.8) is 0 Å². The van der Waals surface area contributed by atoms with E-state index in [0.717, 1.165) is 39.2 Å². The Morgan fingerprint density at radius 2 is 1.95 bits per heavy atom. The van der Waals surface area contributed by atoms with Crippen LogP contribution in [0.15, 0.2) is 30.3 Å². The summed E-state index contributed by atoms with van der Waals surface area (Å²) < 4.78 is 6.00. The zero-order valence-corrected chi connectivity index (χ0v) is 13.0. The minimum atomic E-state index is 0.549. The van der Waals surface area contributed by atoms with Gasteiger partial charge in [0.2, 0.25) is 0 Å². The molecule has 2 aliphatic rings. The van der Waals surface area contributed by atoms with Crippen molar-refractivity contribution in [3.05, 3.63) is 35.9 Å². The van der Waals surface area contributed by atoms with E-state index in [4.69, 9.17) is 4.74 Å². The molecule has 1 unspecified atom stereocenters. The second-order valence-electron chi connectivity index (χ2n) is 6.42. The maximum atomic E-state index is 6.00. The first-order valence-corrected chi connectivity index (χ1v) is 8.51. The fraction of sp³-hybridized carbons (Fsp3) is 0.667. The molecular weight excluding hydrogens is 260 g/mol. The van der Waals surface area contributed by atoms with E-state index in [0.29, 0.717) is 12.1 Å². The molecule has 1 aromatic rings. The third kappa shape index (κ3) is 4.80. The lowest BCUT2D eigenvalue weighted by atomic mass is 10.0. The molecule has 1 heterocycles. The minimum Gasteiger partial charge on any atom is -0.377 e. The van der Waals surface area contributed by atoms with Gasteiger partial charge in [0.15, 0.2) is 0 Å². The van der Waals surface area contributed by atoms with Crippen molar-refractivity contribution in [2.45, 2.75) is 44.2 Å². The van der Waals surface area contributed by atoms with Crippen molar-refractivity contribution < 1.29 is 4.74 Å². The van der Waals surface area contributed by atoms with Gasteiger partial charge in [-0.05, 0) is 24.8 Å². The molecule has 3 rings (SSSR count). The largest absolute Gasteiger partial charge is 0.377 e. The van der Waals surface area contributed by atoms with Crippen molar-refractivity contribution >= 4 is 0 Å². The van der Waals surface area contributed by atoms with Gasteiger partial charge in [0.05, 0.1) is 12.7 Å². The number of nitrogens with one attached hydrogen (secondary N) is 1. The fourth-order valence-electron chi connectivity index (χ4n) is 3.54. The Hall–Kier alpha value is -0.900. The Balaban J connectivity index is 1.38. The molecule has 1 N–H and O–H groups in total. The van der Waals surface area contributed by atoms with Crippen LogP contribution in [0.4, 0.5) is 0 Å². The van der Waals surface area contributed by atoms with E-state index in [-0.39, 0.29) is 0 Å². The van der Waals surface area contributed by atoms with Gasteiger partial charge in [-0.2, -0.15) is 0 Å². The monoisotopic (exact) mass is 288 g/mol. The van der Waals surface area contributed by atoms with E-state index >= 15 is 0 Å². The van der Waals surface area contributed by atoms with E-state index in [1.54, 1.807) is 0 Å². The molecule has 1 saturated heterocycles. The minimum absolute atomic E-state index is 0.549. The molecule has 0 spiro atoms. The molecule has 1 saturated carbocycles. The standard InChI is InChI=1S/C18H28N2O/c1-2-6-16(7-3-1)14-17-15-20(11-10-19-17)12-13-21-18-8-4-5-9-18/h1-3,6-7,17-19H,4-5,8-15H2. The van der Waals surface area contributed by atoms with Crippen LogP contribution < -0.4 is 5.32 Å². The predicted molar refractivity (Wildman–Crippen MR) is 86.6 cm³/mol. The highest BCUT2D eigenvalue weighted by molar-refractivity contribution is 5.16. The van der Waals surface area contributed by atoms with E-state index in [9.17, 15) is 0 Å². The smallest absolute Gasteiger partial charge is 0.0597 e. The van der Waals surface area contributed by atoms with Crippen LogP contribution in [0.5, 0.6) is 0 Å². The molecule has 3 heteroatoms. The maximum Gasteiger partial charge on any atom is 0.0597 e. The molecule has 21 heavy (non-hydrogen) atoms. The summed E-state index contributed by atoms with van der Waals surface area (Å²) in [4.78, 5) is 2.55. The SMILES string of the molecule is c1ccc(CC2CN(CCOC3CCCC3)CCN2)cc1. The topological polar surface area (TPSA) is 24.5 Å². The molecule has 1 aromatic carbocycles. The number of nitrogens with zero attached hydrogens (tertiary/aromatic N) is 1. The van der Waals surface area contributed by atoms with Crippen LogP contribution in [-0.2, 0) is 11.2 Å². The van der Waals surface area contributed by atoms with Crippen molar-refractivity contribution in [2.75, 3.05) is 32.8 Å². The summed E-state index contributed by atoms with van der Waals surface area (Å²) in [5, 5.41) is 3.65. The van der Waals surface area contributed by atoms with Crippen LogP contribution in [0.1, 0.15) is 31.2 Å². The molecule has 0 amide bonds. The summed E-state index contributed by atoms with van der Waals surface area (Å²) in [5.74, 6) is 0. The lowest BCUT2D eigenvalue weighted by Gasteiger charge is -2.34. The Bertz CT molecular complexity index is 403. The molecule has 0 aromatic heterocycles. The van der Waals surface area contributed by atoms with Crippen LogP contribution in [0.2, 0.25) is 0 Å². The summed E-state index contributed by atoms with van der Waals surface area (Å²) in [6.45, 7) is 5.38. The lowest BCUT2D eigenvalue weighted by molar-refractivity contribution is 0.0368. The van der Waals surface area contributed by atoms with Crippen LogP contribution >= 0.6 is 0 Å². The van der Waals surface area contributed by atoms with Gasteiger partial charge in [0, 0.05) is 32.2 Å². The number of rotatable bonds is 6. The average molecular weight is 288 g/mol. The number of hydrogen-bond donors (Lipinski definition) is 1. The van der Waals surface area contributed by atoms with Crippen molar-refractivity contribution in [3.8, 4) is 0 Å². The molecule has 3 nitrogen and oxygen atoms in total. The van der Waals surface area contributed by atoms with Gasteiger partial charge in [-0.25, -0.2) is 0 Å². The van der Waals surface area contributed by atoms with Crippen molar-refractivity contribution in [1.29, 1.82) is 0 Å². The normalized spacial score (nSPS) is 24.5. The summed E-state index contributed by atoms with van der Waals surface area (Å²) in [6.07, 6.45) is 6.94. The number of hydrogen-bond acceptors (Lipinski definition) is 3. The fourth-order valence-corrected chi connectivity index (χ4v) is 3.54. The Morgan fingerprint density at radius 3 is 2.76 bits per heavy atom. The Kier molecular flexibility index (Phi) is 5.67. The zero-order chi connectivity index (χ0) is 14.3. The average Bonchev–Trinajstić information content (AvgIpc) is 3.02. The van der Waals surface area contributed by atoms with Crippen LogP contribution in [0, 0.1) is 0 Å². The van der Waals surface area contributed by atoms with Gasteiger partial charge >= 0.3 is 0 Å². The quantitative estimate of drug-likeness (QED) is 0.870. The van der Waals surface area contributed by atoms with E-state index < -0.39 is 0 Å². The zero-order valence-electron chi connectivity index (χ0n) is 13.0. The highest BCUT2D eigenvalue weighted by Crippen LogP contribution is 2.20. The molecule has 1 aliphatic carbocycles. The summed E-state index contributed by atoms with van der Waals surface area (Å²) in [7, 11) is 0. The van der Waals surface area contributed by atoms with Crippen molar-refractivity contribution in [2.24, 2.45) is 0 Å². The summed E-state index contributed by atoms with van der Waals surface area (Å²) >= 11 is 0. The molecule has 116 valence electrons. The van der Waals surface area contributed by atoms with Gasteiger partial charge in [-0.1, -0.05) is 43.2 Å². The number of ether oxygens (including phenoxy) is 1. The molecule has 2 fully saturated rings. The summed E-state index contributed by atoms with van der Waals surface area (Å²) in [5.41, 5.74) is 1.43. The van der Waals surface area contributed by atoms with Crippen molar-refractivity contribution in [1.82, 2.24) is 10.2 Å². The third-order valence-electron chi connectivity index (χ3n) is 4.73. The second kappa shape index (κ2) is 7.92. The van der Waals surface area contributed by atoms with Gasteiger partial charge in [0.1, 0.15) is 0 Å². The number of piperazine rings is 1. The first kappa shape index (κ1) is 15.0. The molecule has 1 atom stereocenters. The van der Waals surface area contributed by atoms with Crippen LogP contribution in [0.3, 0.4) is 0 Å². The van der Waals surface area contributed by atoms with Gasteiger partial charge in [-0.15, -0.1) is 0 Å². The first-order valence-electron chi connectivity index (χ1n) is 8.51. The van der Waals surface area contributed by atoms with E-state index in [2.05, 4.69) is 40.5 Å². The number of benzene rings is 1. The van der Waals surface area contributed by atoms with Gasteiger partial charge < -0.3 is 10.1 Å². The van der Waals surface area contributed by atoms with Crippen LogP contribution in [-0.4, -0.2) is 49.8 Å². The van der Waals surface area contributed by atoms with Crippen LogP contribution in [0.25, 0.3) is 0 Å². The lowest BCUT2D eigenvalue weighted by Crippen LogP contribution is -2.52. The highest BCUT2D eigenvalue weighted by atomic mass is 16.5. The van der Waals surface area contributed by atoms with Gasteiger partial charge in [0.25, 0.3) is 0 Å².